The molecule has 1 fully saturated rings. The lowest BCUT2D eigenvalue weighted by molar-refractivity contribution is -0.140. The summed E-state index contributed by atoms with van der Waals surface area (Å²) in [5.74, 6) is -0.459. The predicted octanol–water partition coefficient (Wildman–Crippen LogP) is 6.47. The molecule has 2 aromatic carbocycles. The summed E-state index contributed by atoms with van der Waals surface area (Å²) in [4.78, 5) is 24.8. The Hall–Kier alpha value is -3.49. The number of amides is 1. The number of para-hydroxylation sites is 1. The maximum absolute atomic E-state index is 14.9. The molecule has 1 N–H and O–H groups in total. The SMILES string of the molecule is Cc1nc(N[C@H](C)c2cccc(C(F)(F)F)c2F)c2c(n1)C1(CCCC1)C(=O)N(c1ccccc1)C2. The highest BCUT2D eigenvalue weighted by Gasteiger charge is 2.51. The van der Waals surface area contributed by atoms with Crippen molar-refractivity contribution >= 4 is 17.4 Å². The highest BCUT2D eigenvalue weighted by molar-refractivity contribution is 6.03. The minimum absolute atomic E-state index is 0.000258. The van der Waals surface area contributed by atoms with Crippen molar-refractivity contribution in [1.82, 2.24) is 9.97 Å². The minimum Gasteiger partial charge on any atom is -0.363 e. The highest BCUT2D eigenvalue weighted by Crippen LogP contribution is 2.48. The van der Waals surface area contributed by atoms with Gasteiger partial charge >= 0.3 is 6.18 Å². The molecule has 0 bridgehead atoms. The summed E-state index contributed by atoms with van der Waals surface area (Å²) in [7, 11) is 0. The standard InChI is InChI=1S/C27H26F4N4O/c1-16(19-11-8-12-21(22(19)28)27(29,30)31)32-24-20-15-35(18-9-4-3-5-10-18)25(36)26(13-6-7-14-26)23(20)33-17(2)34-24/h3-5,8-12,16H,6-7,13-15H2,1-2H3,(H,32,33,34)/t16-/m1/s1. The molecule has 1 atom stereocenters. The van der Waals surface area contributed by atoms with Gasteiger partial charge in [0.2, 0.25) is 5.91 Å². The van der Waals surface area contributed by atoms with Gasteiger partial charge in [-0.2, -0.15) is 13.2 Å². The third-order valence-corrected chi connectivity index (χ3v) is 7.22. The molecule has 1 amide bonds. The van der Waals surface area contributed by atoms with Crippen molar-refractivity contribution in [2.45, 2.75) is 63.7 Å². The Balaban J connectivity index is 1.59. The number of hydrogen-bond acceptors (Lipinski definition) is 4. The average molecular weight is 499 g/mol. The van der Waals surface area contributed by atoms with Crippen molar-refractivity contribution in [3.05, 3.63) is 82.6 Å². The lowest BCUT2D eigenvalue weighted by Gasteiger charge is -2.41. The lowest BCUT2D eigenvalue weighted by Crippen LogP contribution is -2.51. The van der Waals surface area contributed by atoms with Crippen molar-refractivity contribution in [2.24, 2.45) is 0 Å². The summed E-state index contributed by atoms with van der Waals surface area (Å²) in [6.45, 7) is 3.52. The lowest BCUT2D eigenvalue weighted by atomic mass is 9.76. The molecule has 1 aliphatic heterocycles. The zero-order valence-corrected chi connectivity index (χ0v) is 20.0. The zero-order valence-electron chi connectivity index (χ0n) is 20.0. The van der Waals surface area contributed by atoms with Crippen LogP contribution in [0.25, 0.3) is 0 Å². The van der Waals surface area contributed by atoms with Crippen molar-refractivity contribution in [3.63, 3.8) is 0 Å². The van der Waals surface area contributed by atoms with Gasteiger partial charge in [0.25, 0.3) is 0 Å². The topological polar surface area (TPSA) is 58.1 Å². The first-order valence-electron chi connectivity index (χ1n) is 12.0. The van der Waals surface area contributed by atoms with Crippen LogP contribution >= 0.6 is 0 Å². The highest BCUT2D eigenvalue weighted by atomic mass is 19.4. The van der Waals surface area contributed by atoms with Crippen molar-refractivity contribution in [3.8, 4) is 0 Å². The Morgan fingerprint density at radius 2 is 1.72 bits per heavy atom. The molecule has 1 saturated carbocycles. The number of aryl methyl sites for hydroxylation is 1. The van der Waals surface area contributed by atoms with E-state index in [1.165, 1.54) is 12.1 Å². The van der Waals surface area contributed by atoms with E-state index in [0.717, 1.165) is 24.6 Å². The molecular weight excluding hydrogens is 472 g/mol. The van der Waals surface area contributed by atoms with E-state index in [2.05, 4.69) is 10.3 Å². The molecule has 1 aliphatic carbocycles. The van der Waals surface area contributed by atoms with Gasteiger partial charge in [0.1, 0.15) is 17.5 Å². The Morgan fingerprint density at radius 1 is 1.03 bits per heavy atom. The summed E-state index contributed by atoms with van der Waals surface area (Å²) in [6, 6.07) is 11.8. The first kappa shape index (κ1) is 24.2. The Kier molecular flexibility index (Phi) is 5.97. The normalized spacial score (nSPS) is 17.8. The van der Waals surface area contributed by atoms with Crippen LogP contribution < -0.4 is 10.2 Å². The van der Waals surface area contributed by atoms with Crippen LogP contribution in [0.4, 0.5) is 29.1 Å². The fourth-order valence-corrected chi connectivity index (χ4v) is 5.48. The number of aromatic nitrogens is 2. The van der Waals surface area contributed by atoms with E-state index in [1.807, 2.05) is 30.3 Å². The van der Waals surface area contributed by atoms with Gasteiger partial charge in [-0.3, -0.25) is 4.79 Å². The second-order valence-electron chi connectivity index (χ2n) is 9.54. The second-order valence-corrected chi connectivity index (χ2v) is 9.54. The Morgan fingerprint density at radius 3 is 2.39 bits per heavy atom. The van der Waals surface area contributed by atoms with Crippen LogP contribution in [0, 0.1) is 12.7 Å². The minimum atomic E-state index is -4.80. The van der Waals surface area contributed by atoms with Crippen molar-refractivity contribution in [1.29, 1.82) is 0 Å². The van der Waals surface area contributed by atoms with Gasteiger partial charge in [-0.25, -0.2) is 14.4 Å². The number of nitrogens with zero attached hydrogens (tertiary/aromatic N) is 3. The fourth-order valence-electron chi connectivity index (χ4n) is 5.48. The van der Waals surface area contributed by atoms with Crippen LogP contribution in [0.1, 0.15) is 66.9 Å². The van der Waals surface area contributed by atoms with Gasteiger partial charge in [-0.1, -0.05) is 43.2 Å². The predicted molar refractivity (Wildman–Crippen MR) is 128 cm³/mol. The maximum Gasteiger partial charge on any atom is 0.419 e. The van der Waals surface area contributed by atoms with Crippen LogP contribution in [0.3, 0.4) is 0 Å². The van der Waals surface area contributed by atoms with Crippen molar-refractivity contribution < 1.29 is 22.4 Å². The number of nitrogens with one attached hydrogen (secondary N) is 1. The quantitative estimate of drug-likeness (QED) is 0.419. The molecule has 5 nitrogen and oxygen atoms in total. The van der Waals surface area contributed by atoms with Crippen LogP contribution in [-0.2, 0) is 22.9 Å². The smallest absolute Gasteiger partial charge is 0.363 e. The number of benzene rings is 2. The molecular formula is C27H26F4N4O. The molecule has 188 valence electrons. The number of alkyl halides is 3. The number of fused-ring (bicyclic) bond motifs is 2. The van der Waals surface area contributed by atoms with Gasteiger partial charge in [0, 0.05) is 16.8 Å². The van der Waals surface area contributed by atoms with E-state index >= 15 is 0 Å². The summed E-state index contributed by atoms with van der Waals surface area (Å²) in [6.07, 6.45) is -1.68. The molecule has 5 rings (SSSR count). The van der Waals surface area contributed by atoms with Crippen LogP contribution in [0.2, 0.25) is 0 Å². The van der Waals surface area contributed by atoms with Gasteiger partial charge in [0.15, 0.2) is 0 Å². The first-order valence-corrected chi connectivity index (χ1v) is 12.0. The molecule has 2 heterocycles. The average Bonchev–Trinajstić information content (AvgIpc) is 3.32. The Labute approximate surface area is 206 Å². The van der Waals surface area contributed by atoms with Crippen LogP contribution in [0.5, 0.6) is 0 Å². The zero-order chi connectivity index (χ0) is 25.7. The van der Waals surface area contributed by atoms with Gasteiger partial charge in [-0.05, 0) is 44.9 Å². The van der Waals surface area contributed by atoms with E-state index in [4.69, 9.17) is 4.98 Å². The van der Waals surface area contributed by atoms with E-state index in [0.29, 0.717) is 35.7 Å². The molecule has 0 unspecified atom stereocenters. The van der Waals surface area contributed by atoms with Crippen LogP contribution in [0.15, 0.2) is 48.5 Å². The van der Waals surface area contributed by atoms with E-state index in [-0.39, 0.29) is 18.0 Å². The monoisotopic (exact) mass is 498 g/mol. The van der Waals surface area contributed by atoms with E-state index in [9.17, 15) is 22.4 Å². The molecule has 1 spiro atoms. The molecule has 3 aromatic rings. The van der Waals surface area contributed by atoms with E-state index in [1.54, 1.807) is 18.7 Å². The maximum atomic E-state index is 14.9. The fraction of sp³-hybridized carbons (Fsp3) is 0.370. The molecule has 2 aliphatic rings. The Bertz CT molecular complexity index is 1300. The number of carbonyl (C=O) groups is 1. The molecule has 0 saturated heterocycles. The second kappa shape index (κ2) is 8.87. The van der Waals surface area contributed by atoms with Gasteiger partial charge < -0.3 is 10.2 Å². The first-order chi connectivity index (χ1) is 17.1. The van der Waals surface area contributed by atoms with Crippen LogP contribution in [-0.4, -0.2) is 15.9 Å². The molecule has 0 radical (unpaired) electrons. The largest absolute Gasteiger partial charge is 0.419 e. The molecule has 36 heavy (non-hydrogen) atoms. The third-order valence-electron chi connectivity index (χ3n) is 7.22. The van der Waals surface area contributed by atoms with Gasteiger partial charge in [-0.15, -0.1) is 0 Å². The third kappa shape index (κ3) is 4.00. The molecule has 9 heteroatoms. The number of halogens is 4. The molecule has 1 aromatic heterocycles. The number of rotatable bonds is 4. The summed E-state index contributed by atoms with van der Waals surface area (Å²) < 4.78 is 54.7. The summed E-state index contributed by atoms with van der Waals surface area (Å²) in [5.41, 5.74) is -0.0624. The van der Waals surface area contributed by atoms with E-state index < -0.39 is 29.0 Å². The van der Waals surface area contributed by atoms with Crippen molar-refractivity contribution in [2.75, 3.05) is 10.2 Å². The number of hydrogen-bond donors (Lipinski definition) is 1. The van der Waals surface area contributed by atoms with Gasteiger partial charge in [0.05, 0.1) is 29.3 Å². The summed E-state index contributed by atoms with van der Waals surface area (Å²) >= 11 is 0. The number of carbonyl (C=O) groups excluding carboxylic acids is 1. The number of anilines is 2. The summed E-state index contributed by atoms with van der Waals surface area (Å²) in [5, 5.41) is 3.14.